The van der Waals surface area contributed by atoms with Crippen molar-refractivity contribution in [1.29, 1.82) is 0 Å². The van der Waals surface area contributed by atoms with Crippen LogP contribution < -0.4 is 14.8 Å². The van der Waals surface area contributed by atoms with Crippen LogP contribution in [0.3, 0.4) is 0 Å². The van der Waals surface area contributed by atoms with Gasteiger partial charge in [0.25, 0.3) is 0 Å². The highest BCUT2D eigenvalue weighted by Gasteiger charge is 2.09. The second-order valence-electron chi connectivity index (χ2n) is 7.25. The van der Waals surface area contributed by atoms with E-state index >= 15 is 0 Å². The van der Waals surface area contributed by atoms with E-state index in [0.29, 0.717) is 36.5 Å². The summed E-state index contributed by atoms with van der Waals surface area (Å²) in [6.45, 7) is 8.67. The van der Waals surface area contributed by atoms with Crippen LogP contribution in [-0.2, 0) is 11.2 Å². The summed E-state index contributed by atoms with van der Waals surface area (Å²) >= 11 is 0. The van der Waals surface area contributed by atoms with Crippen LogP contribution in [0.4, 0.5) is 0 Å². The molecule has 0 aliphatic rings. The summed E-state index contributed by atoms with van der Waals surface area (Å²) in [5.74, 6) is 0.677. The third-order valence-electron chi connectivity index (χ3n) is 4.58. The van der Waals surface area contributed by atoms with Gasteiger partial charge in [-0.1, -0.05) is 44.9 Å². The second kappa shape index (κ2) is 12.5. The van der Waals surface area contributed by atoms with Crippen molar-refractivity contribution in [3.05, 3.63) is 71.8 Å². The number of hydrogen-bond donors (Lipinski definition) is 1. The van der Waals surface area contributed by atoms with Gasteiger partial charge in [-0.25, -0.2) is 4.79 Å². The highest BCUT2D eigenvalue weighted by atomic mass is 16.5. The lowest BCUT2D eigenvalue weighted by Gasteiger charge is -2.08. The summed E-state index contributed by atoms with van der Waals surface area (Å²) in [4.78, 5) is 23.8. The largest absolute Gasteiger partial charge is 0.494 e. The van der Waals surface area contributed by atoms with Gasteiger partial charge in [0.2, 0.25) is 5.91 Å². The molecule has 0 aliphatic heterocycles. The fraction of sp³-hybridized carbons (Fsp3) is 0.360. The topological polar surface area (TPSA) is 64.6 Å². The van der Waals surface area contributed by atoms with Crippen molar-refractivity contribution in [2.45, 2.75) is 46.0 Å². The maximum absolute atomic E-state index is 12.3. The molecule has 0 spiro atoms. The van der Waals surface area contributed by atoms with Gasteiger partial charge in [0, 0.05) is 12.1 Å². The number of nitrogens with one attached hydrogen (secondary N) is 1. The van der Waals surface area contributed by atoms with E-state index in [9.17, 15) is 9.59 Å². The minimum absolute atomic E-state index is 0.145. The first-order valence-electron chi connectivity index (χ1n) is 10.5. The van der Waals surface area contributed by atoms with Crippen LogP contribution >= 0.6 is 0 Å². The number of carbonyl (C=O) groups excluding carboxylic acids is 2. The third kappa shape index (κ3) is 8.11. The predicted octanol–water partition coefficient (Wildman–Crippen LogP) is 5.10. The van der Waals surface area contributed by atoms with Crippen LogP contribution in [-0.4, -0.2) is 25.0 Å². The van der Waals surface area contributed by atoms with Gasteiger partial charge in [-0.2, -0.15) is 0 Å². The number of unbranched alkanes of at least 4 members (excludes halogenated alkanes) is 3. The average molecular weight is 410 g/mol. The van der Waals surface area contributed by atoms with Crippen molar-refractivity contribution in [1.82, 2.24) is 5.32 Å². The first-order valence-corrected chi connectivity index (χ1v) is 10.5. The molecule has 0 atom stereocenters. The molecule has 2 rings (SSSR count). The molecule has 2 aromatic carbocycles. The molecule has 0 aromatic heterocycles. The van der Waals surface area contributed by atoms with E-state index in [1.807, 2.05) is 12.1 Å². The normalized spacial score (nSPS) is 10.3. The maximum Gasteiger partial charge on any atom is 0.343 e. The number of amides is 1. The molecule has 0 aliphatic carbocycles. The lowest BCUT2D eigenvalue weighted by atomic mass is 10.1. The zero-order chi connectivity index (χ0) is 21.8. The number of benzene rings is 2. The Hall–Kier alpha value is -3.08. The molecule has 0 bridgehead atoms. The molecule has 0 unspecified atom stereocenters. The predicted molar refractivity (Wildman–Crippen MR) is 119 cm³/mol. The first-order chi connectivity index (χ1) is 14.5. The van der Waals surface area contributed by atoms with Crippen molar-refractivity contribution < 1.29 is 19.1 Å². The number of hydrogen-bond acceptors (Lipinski definition) is 4. The molecule has 2 aromatic rings. The van der Waals surface area contributed by atoms with Gasteiger partial charge < -0.3 is 14.8 Å². The molecular weight excluding hydrogens is 378 g/mol. The Balaban J connectivity index is 1.78. The van der Waals surface area contributed by atoms with Crippen LogP contribution in [0.15, 0.2) is 60.7 Å². The van der Waals surface area contributed by atoms with Gasteiger partial charge in [-0.3, -0.25) is 4.79 Å². The summed E-state index contributed by atoms with van der Waals surface area (Å²) < 4.78 is 11.1. The van der Waals surface area contributed by atoms with Crippen molar-refractivity contribution in [2.24, 2.45) is 0 Å². The van der Waals surface area contributed by atoms with E-state index in [0.717, 1.165) is 17.7 Å². The summed E-state index contributed by atoms with van der Waals surface area (Å²) in [6, 6.07) is 14.3. The smallest absolute Gasteiger partial charge is 0.343 e. The highest BCUT2D eigenvalue weighted by molar-refractivity contribution is 5.92. The summed E-state index contributed by atoms with van der Waals surface area (Å²) in [6.07, 6.45) is 5.32. The fourth-order valence-electron chi connectivity index (χ4n) is 2.77. The van der Waals surface area contributed by atoms with Crippen LogP contribution in [0.2, 0.25) is 0 Å². The molecule has 5 nitrogen and oxygen atoms in total. The third-order valence-corrected chi connectivity index (χ3v) is 4.58. The minimum Gasteiger partial charge on any atom is -0.494 e. The minimum atomic E-state index is -0.411. The van der Waals surface area contributed by atoms with E-state index in [4.69, 9.17) is 9.47 Å². The quantitative estimate of drug-likeness (QED) is 0.229. The molecule has 160 valence electrons. The Morgan fingerprint density at radius 1 is 0.933 bits per heavy atom. The first kappa shape index (κ1) is 23.2. The summed E-state index contributed by atoms with van der Waals surface area (Å²) in [5.41, 5.74) is 2.00. The van der Waals surface area contributed by atoms with E-state index in [1.165, 1.54) is 19.3 Å². The molecule has 5 heteroatoms. The highest BCUT2D eigenvalue weighted by Crippen LogP contribution is 2.17. The zero-order valence-electron chi connectivity index (χ0n) is 17.9. The Morgan fingerprint density at radius 3 is 2.23 bits per heavy atom. The van der Waals surface area contributed by atoms with Crippen LogP contribution in [0.1, 0.15) is 55.5 Å². The van der Waals surface area contributed by atoms with Crippen LogP contribution in [0.25, 0.3) is 0 Å². The van der Waals surface area contributed by atoms with E-state index in [2.05, 4.69) is 18.8 Å². The monoisotopic (exact) mass is 409 g/mol. The van der Waals surface area contributed by atoms with Gasteiger partial charge in [-0.05, 0) is 61.7 Å². The van der Waals surface area contributed by atoms with Gasteiger partial charge >= 0.3 is 5.97 Å². The van der Waals surface area contributed by atoms with E-state index in [1.54, 1.807) is 43.3 Å². The van der Waals surface area contributed by atoms with Crippen molar-refractivity contribution >= 4 is 11.9 Å². The lowest BCUT2D eigenvalue weighted by Crippen LogP contribution is -2.25. The second-order valence-corrected chi connectivity index (χ2v) is 7.25. The van der Waals surface area contributed by atoms with Crippen LogP contribution in [0.5, 0.6) is 11.5 Å². The van der Waals surface area contributed by atoms with Crippen molar-refractivity contribution in [3.8, 4) is 11.5 Å². The number of ether oxygens (including phenoxy) is 2. The standard InChI is InChI=1S/C25H31NO4/c1-4-5-6-7-18-29-22-14-10-21(11-15-22)25(28)30-23-12-8-20(9-13-23)16-17-26-24(27)19(2)3/h8-15H,2,4-7,16-18H2,1,3H3,(H,26,27). The lowest BCUT2D eigenvalue weighted by molar-refractivity contribution is -0.117. The Morgan fingerprint density at radius 2 is 1.60 bits per heavy atom. The van der Waals surface area contributed by atoms with Gasteiger partial charge in [0.1, 0.15) is 11.5 Å². The average Bonchev–Trinajstić information content (AvgIpc) is 2.75. The Bertz CT molecular complexity index is 825. The van der Waals surface area contributed by atoms with Gasteiger partial charge in [0.05, 0.1) is 12.2 Å². The Labute approximate surface area is 179 Å². The van der Waals surface area contributed by atoms with E-state index in [-0.39, 0.29) is 5.91 Å². The summed E-state index contributed by atoms with van der Waals surface area (Å²) in [5, 5.41) is 2.79. The molecule has 1 N–H and O–H groups in total. The van der Waals surface area contributed by atoms with Gasteiger partial charge in [-0.15, -0.1) is 0 Å². The molecule has 0 fully saturated rings. The molecule has 0 radical (unpaired) electrons. The zero-order valence-corrected chi connectivity index (χ0v) is 17.9. The summed E-state index contributed by atoms with van der Waals surface area (Å²) in [7, 11) is 0. The van der Waals surface area contributed by atoms with E-state index < -0.39 is 5.97 Å². The number of carbonyl (C=O) groups is 2. The van der Waals surface area contributed by atoms with Crippen molar-refractivity contribution in [3.63, 3.8) is 0 Å². The number of esters is 1. The van der Waals surface area contributed by atoms with Crippen molar-refractivity contribution in [2.75, 3.05) is 13.2 Å². The molecule has 0 saturated carbocycles. The SMILES string of the molecule is C=C(C)C(=O)NCCc1ccc(OC(=O)c2ccc(OCCCCCC)cc2)cc1. The maximum atomic E-state index is 12.3. The molecule has 1 amide bonds. The molecular formula is C25H31NO4. The number of rotatable bonds is 12. The molecule has 30 heavy (non-hydrogen) atoms. The fourth-order valence-corrected chi connectivity index (χ4v) is 2.77. The molecule has 0 heterocycles. The Kier molecular flexibility index (Phi) is 9.65. The molecule has 0 saturated heterocycles. The van der Waals surface area contributed by atoms with Crippen LogP contribution in [0, 0.1) is 0 Å². The van der Waals surface area contributed by atoms with Gasteiger partial charge in [0.15, 0.2) is 0 Å².